The highest BCUT2D eigenvalue weighted by molar-refractivity contribution is 5.98. The van der Waals surface area contributed by atoms with Gasteiger partial charge in [-0.05, 0) is 0 Å². The average Bonchev–Trinajstić information content (AvgIpc) is 2.97. The van der Waals surface area contributed by atoms with E-state index in [9.17, 15) is 14.7 Å². The number of aliphatic carboxylic acids is 1. The predicted molar refractivity (Wildman–Crippen MR) is 84.4 cm³/mol. The van der Waals surface area contributed by atoms with Crippen LogP contribution in [0.4, 0.5) is 0 Å². The molecule has 2 N–H and O–H groups in total. The van der Waals surface area contributed by atoms with E-state index >= 15 is 0 Å². The Morgan fingerprint density at radius 2 is 1.83 bits per heavy atom. The first-order chi connectivity index (χ1) is 11.4. The fourth-order valence-electron chi connectivity index (χ4n) is 2.80. The van der Waals surface area contributed by atoms with Crippen molar-refractivity contribution in [3.63, 3.8) is 0 Å². The van der Waals surface area contributed by atoms with Crippen molar-refractivity contribution in [3.8, 4) is 11.3 Å². The Kier molecular flexibility index (Phi) is 4.11. The minimum absolute atomic E-state index is 0.00836. The number of piperidine rings is 1. The molecule has 126 valence electrons. The molecule has 1 aromatic heterocycles. The van der Waals surface area contributed by atoms with Gasteiger partial charge < -0.3 is 19.5 Å². The van der Waals surface area contributed by atoms with Crippen molar-refractivity contribution >= 4 is 11.9 Å². The number of carboxylic acid groups (broad SMARTS) is 1. The van der Waals surface area contributed by atoms with E-state index in [1.807, 2.05) is 30.3 Å². The van der Waals surface area contributed by atoms with Crippen molar-refractivity contribution in [1.29, 1.82) is 0 Å². The molecule has 1 aliphatic heterocycles. The summed E-state index contributed by atoms with van der Waals surface area (Å²) in [6.45, 7) is 1.98. The zero-order valence-corrected chi connectivity index (χ0v) is 13.2. The average molecular weight is 330 g/mol. The van der Waals surface area contributed by atoms with Gasteiger partial charge in [-0.15, -0.1) is 0 Å². The number of amides is 1. The second kappa shape index (κ2) is 6.09. The molecule has 1 amide bonds. The number of aromatic nitrogens is 1. The Balaban J connectivity index is 1.83. The third kappa shape index (κ3) is 2.90. The Hall–Kier alpha value is -2.67. The van der Waals surface area contributed by atoms with Crippen molar-refractivity contribution < 1.29 is 24.2 Å². The van der Waals surface area contributed by atoms with Crippen LogP contribution < -0.4 is 0 Å². The lowest BCUT2D eigenvalue weighted by atomic mass is 9.91. The summed E-state index contributed by atoms with van der Waals surface area (Å²) in [6.07, 6.45) is -0.0167. The highest BCUT2D eigenvalue weighted by Gasteiger charge is 2.41. The van der Waals surface area contributed by atoms with E-state index < -0.39 is 11.6 Å². The lowest BCUT2D eigenvalue weighted by Crippen LogP contribution is -2.51. The van der Waals surface area contributed by atoms with Crippen LogP contribution in [0.3, 0.4) is 0 Å². The van der Waals surface area contributed by atoms with Gasteiger partial charge in [0, 0.05) is 38.4 Å². The zero-order valence-electron chi connectivity index (χ0n) is 13.2. The summed E-state index contributed by atoms with van der Waals surface area (Å²) in [5.74, 6) is -0.789. The third-order valence-corrected chi connectivity index (χ3v) is 4.25. The molecule has 2 aromatic rings. The Morgan fingerprint density at radius 3 is 2.42 bits per heavy atom. The Labute approximate surface area is 138 Å². The van der Waals surface area contributed by atoms with Gasteiger partial charge in [0.1, 0.15) is 0 Å². The van der Waals surface area contributed by atoms with E-state index in [2.05, 4.69) is 4.98 Å². The van der Waals surface area contributed by atoms with Gasteiger partial charge in [0.25, 0.3) is 5.91 Å². The molecule has 7 heteroatoms. The number of oxazole rings is 1. The maximum Gasteiger partial charge on any atom is 0.335 e. The molecule has 2 heterocycles. The predicted octanol–water partition coefficient (Wildman–Crippen LogP) is 1.70. The molecule has 24 heavy (non-hydrogen) atoms. The molecule has 0 unspecified atom stereocenters. The summed E-state index contributed by atoms with van der Waals surface area (Å²) >= 11 is 0. The van der Waals surface area contributed by atoms with Crippen molar-refractivity contribution in [2.75, 3.05) is 13.1 Å². The largest absolute Gasteiger partial charge is 0.479 e. The molecule has 7 nitrogen and oxygen atoms in total. The molecule has 1 aliphatic rings. The molecule has 0 saturated carbocycles. The van der Waals surface area contributed by atoms with Crippen molar-refractivity contribution in [2.45, 2.75) is 25.4 Å². The Morgan fingerprint density at radius 1 is 1.21 bits per heavy atom. The summed E-state index contributed by atoms with van der Waals surface area (Å²) in [7, 11) is 0. The normalized spacial score (nSPS) is 16.8. The van der Waals surface area contributed by atoms with Gasteiger partial charge >= 0.3 is 5.97 Å². The van der Waals surface area contributed by atoms with Crippen LogP contribution in [0.5, 0.6) is 0 Å². The lowest BCUT2D eigenvalue weighted by molar-refractivity contribution is -0.162. The number of benzene rings is 1. The fraction of sp³-hybridized carbons (Fsp3) is 0.353. The monoisotopic (exact) mass is 330 g/mol. The molecule has 0 spiro atoms. The topological polar surface area (TPSA) is 104 Å². The van der Waals surface area contributed by atoms with Crippen LogP contribution >= 0.6 is 0 Å². The first kappa shape index (κ1) is 16.2. The summed E-state index contributed by atoms with van der Waals surface area (Å²) < 4.78 is 5.59. The lowest BCUT2D eigenvalue weighted by Gasteiger charge is -2.35. The fourth-order valence-corrected chi connectivity index (χ4v) is 2.80. The molecule has 3 rings (SSSR count). The molecular weight excluding hydrogens is 312 g/mol. The van der Waals surface area contributed by atoms with Crippen LogP contribution in [0.1, 0.15) is 29.2 Å². The number of carbonyl (C=O) groups is 2. The van der Waals surface area contributed by atoms with Gasteiger partial charge in [-0.1, -0.05) is 30.3 Å². The van der Waals surface area contributed by atoms with Crippen LogP contribution in [0.2, 0.25) is 0 Å². The maximum absolute atomic E-state index is 12.8. The molecule has 0 atom stereocenters. The number of hydrogen-bond donors (Lipinski definition) is 2. The number of aliphatic hydroxyl groups is 1. The van der Waals surface area contributed by atoms with E-state index in [0.717, 1.165) is 5.56 Å². The van der Waals surface area contributed by atoms with Crippen LogP contribution in [0.15, 0.2) is 34.7 Å². The molecule has 0 bridgehead atoms. The minimum atomic E-state index is -1.77. The minimum Gasteiger partial charge on any atom is -0.479 e. The molecule has 1 aromatic carbocycles. The van der Waals surface area contributed by atoms with E-state index in [1.54, 1.807) is 6.92 Å². The molecule has 1 saturated heterocycles. The number of likely N-dealkylation sites (tertiary alicyclic amines) is 1. The second-order valence-electron chi connectivity index (χ2n) is 5.91. The number of rotatable bonds is 3. The van der Waals surface area contributed by atoms with E-state index in [0.29, 0.717) is 11.7 Å². The van der Waals surface area contributed by atoms with Crippen LogP contribution in [-0.2, 0) is 4.79 Å². The molecular formula is C17H18N2O5. The van der Waals surface area contributed by atoms with E-state index in [-0.39, 0.29) is 37.5 Å². The van der Waals surface area contributed by atoms with Gasteiger partial charge in [-0.25, -0.2) is 9.78 Å². The highest BCUT2D eigenvalue weighted by atomic mass is 16.4. The van der Waals surface area contributed by atoms with Crippen molar-refractivity contribution in [1.82, 2.24) is 9.88 Å². The number of nitrogens with zero attached hydrogens (tertiary/aromatic N) is 2. The van der Waals surface area contributed by atoms with Crippen molar-refractivity contribution in [2.24, 2.45) is 0 Å². The van der Waals surface area contributed by atoms with Gasteiger partial charge in [0.05, 0.1) is 0 Å². The van der Waals surface area contributed by atoms with Gasteiger partial charge in [-0.3, -0.25) is 4.79 Å². The smallest absolute Gasteiger partial charge is 0.335 e. The zero-order chi connectivity index (χ0) is 17.3. The quantitative estimate of drug-likeness (QED) is 0.888. The number of carboxylic acids is 1. The number of hydrogen-bond acceptors (Lipinski definition) is 5. The van der Waals surface area contributed by atoms with E-state index in [1.165, 1.54) is 4.90 Å². The van der Waals surface area contributed by atoms with Gasteiger partial charge in [0.2, 0.25) is 0 Å². The standard InChI is InChI=1S/C17H18N2O5/c1-11-18-13(14(24-11)12-5-3-2-4-6-12)15(20)19-9-7-17(23,8-10-19)16(21)22/h2-6,23H,7-10H2,1H3,(H,21,22). The maximum atomic E-state index is 12.8. The van der Waals surface area contributed by atoms with Gasteiger partial charge in [0.15, 0.2) is 22.9 Å². The highest BCUT2D eigenvalue weighted by Crippen LogP contribution is 2.28. The van der Waals surface area contributed by atoms with E-state index in [4.69, 9.17) is 9.52 Å². The Bertz CT molecular complexity index is 761. The first-order valence-electron chi connectivity index (χ1n) is 7.68. The third-order valence-electron chi connectivity index (χ3n) is 4.25. The van der Waals surface area contributed by atoms with Crippen LogP contribution in [0.25, 0.3) is 11.3 Å². The van der Waals surface area contributed by atoms with Crippen molar-refractivity contribution in [3.05, 3.63) is 41.9 Å². The number of carbonyl (C=O) groups excluding carboxylic acids is 1. The van der Waals surface area contributed by atoms with Gasteiger partial charge in [-0.2, -0.15) is 0 Å². The first-order valence-corrected chi connectivity index (χ1v) is 7.68. The molecule has 1 fully saturated rings. The molecule has 0 aliphatic carbocycles. The second-order valence-corrected chi connectivity index (χ2v) is 5.91. The number of aryl methyl sites for hydroxylation is 1. The van der Waals surface area contributed by atoms with Crippen LogP contribution in [-0.4, -0.2) is 50.7 Å². The SMILES string of the molecule is Cc1nc(C(=O)N2CCC(O)(C(=O)O)CC2)c(-c2ccccc2)o1. The summed E-state index contributed by atoms with van der Waals surface area (Å²) in [5, 5.41) is 19.0. The summed E-state index contributed by atoms with van der Waals surface area (Å²) in [5.41, 5.74) is -0.807. The summed E-state index contributed by atoms with van der Waals surface area (Å²) in [4.78, 5) is 29.5. The molecule has 0 radical (unpaired) electrons. The van der Waals surface area contributed by atoms with Crippen LogP contribution in [0, 0.1) is 6.92 Å². The summed E-state index contributed by atoms with van der Waals surface area (Å²) in [6, 6.07) is 9.21.